The average molecular weight is 426 g/mol. The summed E-state index contributed by atoms with van der Waals surface area (Å²) in [5, 5.41) is 9.30. The molecule has 0 aliphatic carbocycles. The maximum absolute atomic E-state index is 11.8. The maximum atomic E-state index is 11.8. The van der Waals surface area contributed by atoms with Gasteiger partial charge in [-0.2, -0.15) is 0 Å². The van der Waals surface area contributed by atoms with Crippen molar-refractivity contribution in [3.63, 3.8) is 0 Å². The SMILES string of the molecule is CCNC(=NCc1cccc(OCCN(C)C)c1)NCCc1cccc(C(=O)NC)c1. The van der Waals surface area contributed by atoms with Crippen LogP contribution in [0.1, 0.15) is 28.4 Å². The van der Waals surface area contributed by atoms with Gasteiger partial charge < -0.3 is 25.6 Å². The lowest BCUT2D eigenvalue weighted by Gasteiger charge is -2.13. The summed E-state index contributed by atoms with van der Waals surface area (Å²) in [4.78, 5) is 18.6. The van der Waals surface area contributed by atoms with Crippen molar-refractivity contribution in [2.45, 2.75) is 19.9 Å². The number of carbonyl (C=O) groups is 1. The number of aliphatic imine (C=N–C) groups is 1. The molecule has 168 valence electrons. The first-order chi connectivity index (χ1) is 15.0. The van der Waals surface area contributed by atoms with E-state index in [1.165, 1.54) is 0 Å². The number of benzene rings is 2. The van der Waals surface area contributed by atoms with Crippen molar-refractivity contribution in [3.8, 4) is 5.75 Å². The van der Waals surface area contributed by atoms with E-state index in [0.29, 0.717) is 18.7 Å². The molecule has 2 rings (SSSR count). The molecule has 2 aromatic rings. The van der Waals surface area contributed by atoms with Crippen LogP contribution in [-0.2, 0) is 13.0 Å². The van der Waals surface area contributed by atoms with Gasteiger partial charge in [-0.25, -0.2) is 4.99 Å². The quantitative estimate of drug-likeness (QED) is 0.380. The van der Waals surface area contributed by atoms with E-state index in [-0.39, 0.29) is 5.91 Å². The van der Waals surface area contributed by atoms with Gasteiger partial charge in [-0.1, -0.05) is 24.3 Å². The van der Waals surface area contributed by atoms with Crippen molar-refractivity contribution in [1.82, 2.24) is 20.9 Å². The van der Waals surface area contributed by atoms with E-state index in [9.17, 15) is 4.79 Å². The van der Waals surface area contributed by atoms with Gasteiger partial charge in [-0.15, -0.1) is 0 Å². The molecular weight excluding hydrogens is 390 g/mol. The third-order valence-electron chi connectivity index (χ3n) is 4.59. The van der Waals surface area contributed by atoms with E-state index >= 15 is 0 Å². The first-order valence-corrected chi connectivity index (χ1v) is 10.7. The Balaban J connectivity index is 1.90. The molecule has 31 heavy (non-hydrogen) atoms. The topological polar surface area (TPSA) is 78.0 Å². The lowest BCUT2D eigenvalue weighted by molar-refractivity contribution is 0.0963. The minimum Gasteiger partial charge on any atom is -0.492 e. The number of nitrogens with one attached hydrogen (secondary N) is 3. The number of carbonyl (C=O) groups excluding carboxylic acids is 1. The third-order valence-corrected chi connectivity index (χ3v) is 4.59. The molecule has 0 aliphatic rings. The van der Waals surface area contributed by atoms with Crippen LogP contribution in [0.5, 0.6) is 5.75 Å². The Bertz CT molecular complexity index is 851. The van der Waals surface area contributed by atoms with Crippen LogP contribution in [0.4, 0.5) is 0 Å². The van der Waals surface area contributed by atoms with Crippen molar-refractivity contribution in [1.29, 1.82) is 0 Å². The van der Waals surface area contributed by atoms with Gasteiger partial charge in [0.2, 0.25) is 0 Å². The van der Waals surface area contributed by atoms with Crippen molar-refractivity contribution in [2.24, 2.45) is 4.99 Å². The Morgan fingerprint density at radius 2 is 1.84 bits per heavy atom. The number of hydrogen-bond donors (Lipinski definition) is 3. The van der Waals surface area contributed by atoms with Crippen molar-refractivity contribution in [2.75, 3.05) is 47.4 Å². The van der Waals surface area contributed by atoms with Crippen molar-refractivity contribution < 1.29 is 9.53 Å². The predicted molar refractivity (Wildman–Crippen MR) is 127 cm³/mol. The molecule has 0 bridgehead atoms. The highest BCUT2D eigenvalue weighted by atomic mass is 16.5. The molecule has 0 spiro atoms. The molecule has 0 saturated heterocycles. The molecule has 0 aliphatic heterocycles. The van der Waals surface area contributed by atoms with E-state index in [1.54, 1.807) is 7.05 Å². The van der Waals surface area contributed by atoms with Crippen LogP contribution in [0.2, 0.25) is 0 Å². The Morgan fingerprint density at radius 1 is 1.06 bits per heavy atom. The van der Waals surface area contributed by atoms with Gasteiger partial charge in [0.15, 0.2) is 5.96 Å². The molecule has 3 N–H and O–H groups in total. The second kappa shape index (κ2) is 13.3. The van der Waals surface area contributed by atoms with E-state index in [4.69, 9.17) is 9.73 Å². The second-order valence-corrected chi connectivity index (χ2v) is 7.45. The lowest BCUT2D eigenvalue weighted by Crippen LogP contribution is -2.38. The Morgan fingerprint density at radius 3 is 2.58 bits per heavy atom. The molecule has 0 atom stereocenters. The first kappa shape index (κ1) is 24.2. The van der Waals surface area contributed by atoms with Crippen LogP contribution >= 0.6 is 0 Å². The monoisotopic (exact) mass is 425 g/mol. The lowest BCUT2D eigenvalue weighted by atomic mass is 10.1. The van der Waals surface area contributed by atoms with Crippen molar-refractivity contribution in [3.05, 3.63) is 65.2 Å². The van der Waals surface area contributed by atoms with Gasteiger partial charge >= 0.3 is 0 Å². The fourth-order valence-corrected chi connectivity index (χ4v) is 2.93. The summed E-state index contributed by atoms with van der Waals surface area (Å²) < 4.78 is 5.81. The standard InChI is InChI=1S/C24H35N5O2/c1-5-26-24(27-13-12-19-8-6-10-21(16-19)23(30)25-2)28-18-20-9-7-11-22(17-20)31-15-14-29(3)4/h6-11,16-17H,5,12-15,18H2,1-4H3,(H,25,30)(H2,26,27,28). The molecule has 0 saturated carbocycles. The fourth-order valence-electron chi connectivity index (χ4n) is 2.93. The Hall–Kier alpha value is -3.06. The summed E-state index contributed by atoms with van der Waals surface area (Å²) >= 11 is 0. The summed E-state index contributed by atoms with van der Waals surface area (Å²) in [7, 11) is 5.70. The van der Waals surface area contributed by atoms with Crippen LogP contribution in [0.3, 0.4) is 0 Å². The molecule has 0 fully saturated rings. The van der Waals surface area contributed by atoms with Gasteiger partial charge in [-0.3, -0.25) is 4.79 Å². The summed E-state index contributed by atoms with van der Waals surface area (Å²) in [5.41, 5.74) is 2.87. The van der Waals surface area contributed by atoms with Crippen molar-refractivity contribution >= 4 is 11.9 Å². The van der Waals surface area contributed by atoms with Gasteiger partial charge in [-0.05, 0) is 62.8 Å². The van der Waals surface area contributed by atoms with Crippen LogP contribution in [0.15, 0.2) is 53.5 Å². The van der Waals surface area contributed by atoms with E-state index in [2.05, 4.69) is 26.9 Å². The number of ether oxygens (including phenoxy) is 1. The van der Waals surface area contributed by atoms with Gasteiger partial charge in [0.1, 0.15) is 12.4 Å². The highest BCUT2D eigenvalue weighted by Gasteiger charge is 2.04. The van der Waals surface area contributed by atoms with Crippen LogP contribution in [-0.4, -0.2) is 64.2 Å². The van der Waals surface area contributed by atoms with Gasteiger partial charge in [0.25, 0.3) is 5.91 Å². The van der Waals surface area contributed by atoms with E-state index in [0.717, 1.165) is 48.9 Å². The summed E-state index contributed by atoms with van der Waals surface area (Å²) in [6.07, 6.45) is 0.796. The van der Waals surface area contributed by atoms with Crippen LogP contribution < -0.4 is 20.7 Å². The first-order valence-electron chi connectivity index (χ1n) is 10.7. The molecule has 0 aromatic heterocycles. The molecular formula is C24H35N5O2. The average Bonchev–Trinajstić information content (AvgIpc) is 2.77. The number of likely N-dealkylation sites (N-methyl/N-ethyl adjacent to an activating group) is 1. The Labute approximate surface area is 185 Å². The smallest absolute Gasteiger partial charge is 0.251 e. The second-order valence-electron chi connectivity index (χ2n) is 7.45. The Kier molecular flexibility index (Phi) is 10.4. The summed E-state index contributed by atoms with van der Waals surface area (Å²) in [5.74, 6) is 1.56. The third kappa shape index (κ3) is 9.09. The van der Waals surface area contributed by atoms with E-state index < -0.39 is 0 Å². The summed E-state index contributed by atoms with van der Waals surface area (Å²) in [6.45, 7) is 5.64. The molecule has 7 heteroatoms. The van der Waals surface area contributed by atoms with Gasteiger partial charge in [0, 0.05) is 32.2 Å². The number of hydrogen-bond acceptors (Lipinski definition) is 4. The van der Waals surface area contributed by atoms with Crippen LogP contribution in [0, 0.1) is 0 Å². The predicted octanol–water partition coefficient (Wildman–Crippen LogP) is 2.28. The maximum Gasteiger partial charge on any atom is 0.251 e. The molecule has 2 aromatic carbocycles. The minimum atomic E-state index is -0.0716. The zero-order valence-corrected chi connectivity index (χ0v) is 19.1. The molecule has 1 amide bonds. The minimum absolute atomic E-state index is 0.0716. The van der Waals surface area contributed by atoms with E-state index in [1.807, 2.05) is 63.5 Å². The molecule has 0 unspecified atom stereocenters. The molecule has 7 nitrogen and oxygen atoms in total. The summed E-state index contributed by atoms with van der Waals surface area (Å²) in [6, 6.07) is 15.7. The number of amides is 1. The normalized spacial score (nSPS) is 11.3. The zero-order valence-electron chi connectivity index (χ0n) is 19.1. The highest BCUT2D eigenvalue weighted by Crippen LogP contribution is 2.14. The fraction of sp³-hybridized carbons (Fsp3) is 0.417. The number of rotatable bonds is 11. The largest absolute Gasteiger partial charge is 0.492 e. The zero-order chi connectivity index (χ0) is 22.5. The highest BCUT2D eigenvalue weighted by molar-refractivity contribution is 5.94. The van der Waals surface area contributed by atoms with Gasteiger partial charge in [0.05, 0.1) is 6.54 Å². The van der Waals surface area contributed by atoms with Crippen LogP contribution in [0.25, 0.3) is 0 Å². The molecule has 0 radical (unpaired) electrons. The molecule has 0 heterocycles. The number of guanidine groups is 1. The number of nitrogens with zero attached hydrogens (tertiary/aromatic N) is 2.